The normalized spacial score (nSPS) is 10.9. The molecule has 0 bridgehead atoms. The zero-order valence-electron chi connectivity index (χ0n) is 14.6. The van der Waals surface area contributed by atoms with E-state index >= 15 is 0 Å². The number of esters is 1. The molecule has 1 heterocycles. The first-order chi connectivity index (χ1) is 13.4. The van der Waals surface area contributed by atoms with Crippen LogP contribution in [0.2, 0.25) is 0 Å². The smallest absolute Gasteiger partial charge is 0.345 e. The predicted molar refractivity (Wildman–Crippen MR) is 107 cm³/mol. The third-order valence-corrected chi connectivity index (χ3v) is 5.49. The monoisotopic (exact) mass is 462 g/mol. The number of nitrogens with zero attached hydrogens (tertiary/aromatic N) is 1. The van der Waals surface area contributed by atoms with Gasteiger partial charge >= 0.3 is 5.97 Å². The third-order valence-electron chi connectivity index (χ3n) is 3.60. The average Bonchev–Trinajstić information content (AvgIpc) is 2.68. The maximum atomic E-state index is 12.7. The number of aromatic nitrogens is 1. The highest BCUT2D eigenvalue weighted by atomic mass is 79.9. The Bertz CT molecular complexity index is 1100. The molecule has 28 heavy (non-hydrogen) atoms. The number of carbonyl (C=O) groups is 1. The number of hydrogen-bond acceptors (Lipinski definition) is 6. The molecular formula is C19H15BrN2O5S. The molecule has 0 aliphatic rings. The van der Waals surface area contributed by atoms with Crippen molar-refractivity contribution in [2.45, 2.75) is 4.90 Å². The minimum atomic E-state index is -3.98. The van der Waals surface area contributed by atoms with Gasteiger partial charge in [-0.3, -0.25) is 9.71 Å². The quantitative estimate of drug-likeness (QED) is 0.441. The van der Waals surface area contributed by atoms with Gasteiger partial charge in [0.15, 0.2) is 0 Å². The lowest BCUT2D eigenvalue weighted by Crippen LogP contribution is -2.15. The zero-order valence-corrected chi connectivity index (χ0v) is 17.0. The predicted octanol–water partition coefficient (Wildman–Crippen LogP) is 3.87. The molecule has 3 aromatic rings. The van der Waals surface area contributed by atoms with Gasteiger partial charge in [0.25, 0.3) is 10.0 Å². The fraction of sp³-hybridized carbons (Fsp3) is 0.0526. The lowest BCUT2D eigenvalue weighted by atomic mass is 10.2. The van der Waals surface area contributed by atoms with Gasteiger partial charge in [-0.2, -0.15) is 0 Å². The lowest BCUT2D eigenvalue weighted by Gasteiger charge is -2.12. The summed E-state index contributed by atoms with van der Waals surface area (Å²) in [5.41, 5.74) is 0.217. The molecule has 0 saturated heterocycles. The van der Waals surface area contributed by atoms with Crippen LogP contribution in [0.3, 0.4) is 0 Å². The molecule has 0 unspecified atom stereocenters. The van der Waals surface area contributed by atoms with Crippen LogP contribution in [0.5, 0.6) is 11.5 Å². The first-order valence-electron chi connectivity index (χ1n) is 7.98. The van der Waals surface area contributed by atoms with E-state index in [1.165, 1.54) is 37.7 Å². The Morgan fingerprint density at radius 2 is 1.82 bits per heavy atom. The largest absolute Gasteiger partial charge is 0.495 e. The molecule has 0 amide bonds. The number of pyridine rings is 1. The first kappa shape index (κ1) is 19.8. The Kier molecular flexibility index (Phi) is 5.96. The van der Waals surface area contributed by atoms with Gasteiger partial charge in [0.05, 0.1) is 24.6 Å². The standard InChI is InChI=1S/C19H15BrN2O5S/c1-26-17-8-7-14(20)10-18(17)28(24,25)22-15-9-13(11-21-12-15)19(23)27-16-5-3-2-4-6-16/h2-12,22H,1H3. The molecule has 3 rings (SSSR count). The van der Waals surface area contributed by atoms with E-state index in [1.807, 2.05) is 0 Å². The number of nitrogens with one attached hydrogen (secondary N) is 1. The van der Waals surface area contributed by atoms with Gasteiger partial charge < -0.3 is 9.47 Å². The average molecular weight is 463 g/mol. The minimum Gasteiger partial charge on any atom is -0.495 e. The van der Waals surface area contributed by atoms with Gasteiger partial charge in [-0.1, -0.05) is 34.1 Å². The molecule has 0 aliphatic heterocycles. The highest BCUT2D eigenvalue weighted by molar-refractivity contribution is 9.10. The molecule has 0 fully saturated rings. The van der Waals surface area contributed by atoms with Crippen molar-refractivity contribution < 1.29 is 22.7 Å². The lowest BCUT2D eigenvalue weighted by molar-refractivity contribution is 0.0734. The molecule has 7 nitrogen and oxygen atoms in total. The molecule has 0 saturated carbocycles. The molecular weight excluding hydrogens is 448 g/mol. The van der Waals surface area contributed by atoms with Gasteiger partial charge in [0.2, 0.25) is 0 Å². The summed E-state index contributed by atoms with van der Waals surface area (Å²) in [6.07, 6.45) is 2.59. The van der Waals surface area contributed by atoms with Crippen molar-refractivity contribution in [3.63, 3.8) is 0 Å². The summed E-state index contributed by atoms with van der Waals surface area (Å²) >= 11 is 3.24. The Morgan fingerprint density at radius 3 is 2.54 bits per heavy atom. The van der Waals surface area contributed by atoms with Crippen molar-refractivity contribution >= 4 is 37.6 Å². The van der Waals surface area contributed by atoms with Crippen LogP contribution in [-0.4, -0.2) is 26.5 Å². The molecule has 0 atom stereocenters. The van der Waals surface area contributed by atoms with Crippen LogP contribution in [0, 0.1) is 0 Å². The van der Waals surface area contributed by atoms with Gasteiger partial charge in [0, 0.05) is 10.7 Å². The molecule has 0 spiro atoms. The Labute approximate surface area is 170 Å². The second-order valence-corrected chi connectivity index (χ2v) is 8.13. The van der Waals surface area contributed by atoms with Crippen molar-refractivity contribution in [3.05, 3.63) is 77.0 Å². The van der Waals surface area contributed by atoms with E-state index in [0.717, 1.165) is 0 Å². The number of hydrogen-bond donors (Lipinski definition) is 1. The number of sulfonamides is 1. The fourth-order valence-corrected chi connectivity index (χ4v) is 4.08. The van der Waals surface area contributed by atoms with Crippen LogP contribution < -0.4 is 14.2 Å². The molecule has 0 radical (unpaired) electrons. The summed E-state index contributed by atoms with van der Waals surface area (Å²) < 4.78 is 38.8. The highest BCUT2D eigenvalue weighted by Gasteiger charge is 2.21. The maximum Gasteiger partial charge on any atom is 0.345 e. The molecule has 9 heteroatoms. The van der Waals surface area contributed by atoms with Gasteiger partial charge in [-0.05, 0) is 36.4 Å². The van der Waals surface area contributed by atoms with Gasteiger partial charge in [-0.15, -0.1) is 0 Å². The van der Waals surface area contributed by atoms with Crippen molar-refractivity contribution in [1.29, 1.82) is 0 Å². The third kappa shape index (κ3) is 4.68. The zero-order chi connectivity index (χ0) is 20.1. The van der Waals surface area contributed by atoms with Crippen LogP contribution in [-0.2, 0) is 10.0 Å². The molecule has 1 aromatic heterocycles. The Hall–Kier alpha value is -2.91. The summed E-state index contributed by atoms with van der Waals surface area (Å²) in [6, 6.07) is 14.5. The second kappa shape index (κ2) is 8.41. The van der Waals surface area contributed by atoms with E-state index in [-0.39, 0.29) is 21.9 Å². The topological polar surface area (TPSA) is 94.6 Å². The highest BCUT2D eigenvalue weighted by Crippen LogP contribution is 2.29. The van der Waals surface area contributed by atoms with E-state index in [1.54, 1.807) is 36.4 Å². The van der Waals surface area contributed by atoms with Crippen LogP contribution in [0.15, 0.2) is 76.4 Å². The number of carbonyl (C=O) groups excluding carboxylic acids is 1. The van der Waals surface area contributed by atoms with Crippen LogP contribution in [0.1, 0.15) is 10.4 Å². The van der Waals surface area contributed by atoms with E-state index in [2.05, 4.69) is 25.6 Å². The summed E-state index contributed by atoms with van der Waals surface area (Å²) in [4.78, 5) is 16.1. The number of halogens is 1. The minimum absolute atomic E-state index is 0.0540. The SMILES string of the molecule is COc1ccc(Br)cc1S(=O)(=O)Nc1cncc(C(=O)Oc2ccccc2)c1. The van der Waals surface area contributed by atoms with Crippen molar-refractivity contribution in [2.75, 3.05) is 11.8 Å². The summed E-state index contributed by atoms with van der Waals surface area (Å²) in [6.45, 7) is 0. The van der Waals surface area contributed by atoms with Crippen LogP contribution in [0.4, 0.5) is 5.69 Å². The number of rotatable bonds is 6. The van der Waals surface area contributed by atoms with Crippen LogP contribution >= 0.6 is 15.9 Å². The Balaban J connectivity index is 1.84. The molecule has 2 aromatic carbocycles. The number of benzene rings is 2. The van der Waals surface area contributed by atoms with Crippen molar-refractivity contribution in [3.8, 4) is 11.5 Å². The number of para-hydroxylation sites is 1. The molecule has 144 valence electrons. The van der Waals surface area contributed by atoms with Gasteiger partial charge in [0.1, 0.15) is 16.4 Å². The maximum absolute atomic E-state index is 12.7. The molecule has 0 aliphatic carbocycles. The van der Waals surface area contributed by atoms with Gasteiger partial charge in [-0.25, -0.2) is 13.2 Å². The first-order valence-corrected chi connectivity index (χ1v) is 10.3. The second-order valence-electron chi connectivity index (χ2n) is 5.57. The van der Waals surface area contributed by atoms with E-state index in [4.69, 9.17) is 9.47 Å². The van der Waals surface area contributed by atoms with Crippen molar-refractivity contribution in [1.82, 2.24) is 4.98 Å². The van der Waals surface area contributed by atoms with Crippen molar-refractivity contribution in [2.24, 2.45) is 0 Å². The van der Waals surface area contributed by atoms with E-state index in [0.29, 0.717) is 10.2 Å². The molecule has 1 N–H and O–H groups in total. The number of ether oxygens (including phenoxy) is 2. The fourth-order valence-electron chi connectivity index (χ4n) is 2.33. The van der Waals surface area contributed by atoms with E-state index < -0.39 is 16.0 Å². The Morgan fingerprint density at radius 1 is 1.07 bits per heavy atom. The summed E-state index contributed by atoms with van der Waals surface area (Å²) in [5.74, 6) is -0.0968. The number of anilines is 1. The van der Waals surface area contributed by atoms with Crippen LogP contribution in [0.25, 0.3) is 0 Å². The number of methoxy groups -OCH3 is 1. The summed E-state index contributed by atoms with van der Waals surface area (Å²) in [5, 5.41) is 0. The van der Waals surface area contributed by atoms with E-state index in [9.17, 15) is 13.2 Å². The summed E-state index contributed by atoms with van der Waals surface area (Å²) in [7, 11) is -2.60.